The second kappa shape index (κ2) is 11.7. The third-order valence-corrected chi connectivity index (χ3v) is 5.22. The number of fused-ring (bicyclic) bond motifs is 1. The molecular weight excluding hydrogens is 404 g/mol. The minimum Gasteiger partial charge on any atom is -0.475 e. The minimum atomic E-state index is 0.123. The summed E-state index contributed by atoms with van der Waals surface area (Å²) in [7, 11) is 0. The summed E-state index contributed by atoms with van der Waals surface area (Å²) < 4.78 is 7.54. The molecule has 0 amide bonds. The van der Waals surface area contributed by atoms with E-state index in [9.17, 15) is 0 Å². The van der Waals surface area contributed by atoms with Gasteiger partial charge in [-0.2, -0.15) is 9.61 Å². The molecule has 0 atom stereocenters. The fourth-order valence-electron chi connectivity index (χ4n) is 3.68. The van der Waals surface area contributed by atoms with E-state index in [1.165, 1.54) is 24.8 Å². The summed E-state index contributed by atoms with van der Waals surface area (Å²) in [6, 6.07) is 6.08. The van der Waals surface area contributed by atoms with Gasteiger partial charge in [0.05, 0.1) is 12.3 Å². The van der Waals surface area contributed by atoms with Crippen molar-refractivity contribution in [2.75, 3.05) is 29.9 Å². The first kappa shape index (κ1) is 23.8. The van der Waals surface area contributed by atoms with E-state index in [1.807, 2.05) is 42.9 Å². The Kier molecular flexibility index (Phi) is 8.67. The summed E-state index contributed by atoms with van der Waals surface area (Å²) in [6.07, 6.45) is 8.58. The number of nitrogens with zero attached hydrogens (tertiary/aromatic N) is 5. The van der Waals surface area contributed by atoms with Crippen LogP contribution in [0, 0.1) is 0 Å². The summed E-state index contributed by atoms with van der Waals surface area (Å²) >= 11 is 0. The van der Waals surface area contributed by atoms with Crippen LogP contribution >= 0.6 is 0 Å². The molecule has 0 aliphatic carbocycles. The Labute approximate surface area is 190 Å². The molecule has 1 aliphatic heterocycles. The van der Waals surface area contributed by atoms with Crippen LogP contribution in [0.3, 0.4) is 0 Å². The average Bonchev–Trinajstić information content (AvgIpc) is 3.22. The molecule has 0 saturated carbocycles. The van der Waals surface area contributed by atoms with Crippen LogP contribution in [0.25, 0.3) is 5.65 Å². The van der Waals surface area contributed by atoms with E-state index in [0.29, 0.717) is 12.4 Å². The standard InChI is InChI=1S/C22H30N6O.C2H6O/c1-4-18-15-25-28-19(12-20(26-22(18)28)27-10-6-5-7-11-27)23-13-17-8-9-21(24-14-17)29-16(2)3;1-2-3/h8-9,12,14-16,23H,4-7,10-11,13H2,1-3H3;3H,2H2,1H3. The Morgan fingerprint density at radius 3 is 2.50 bits per heavy atom. The van der Waals surface area contributed by atoms with Crippen molar-refractivity contribution < 1.29 is 9.84 Å². The van der Waals surface area contributed by atoms with E-state index >= 15 is 0 Å². The van der Waals surface area contributed by atoms with Crippen LogP contribution in [0.1, 0.15) is 58.1 Å². The predicted octanol–water partition coefficient (Wildman–Crippen LogP) is 4.07. The maximum absolute atomic E-state index is 7.57. The number of piperidine rings is 1. The van der Waals surface area contributed by atoms with Gasteiger partial charge in [-0.3, -0.25) is 0 Å². The van der Waals surface area contributed by atoms with Gasteiger partial charge < -0.3 is 20.1 Å². The summed E-state index contributed by atoms with van der Waals surface area (Å²) in [4.78, 5) is 11.7. The topological polar surface area (TPSA) is 87.8 Å². The van der Waals surface area contributed by atoms with E-state index in [1.54, 1.807) is 6.92 Å². The lowest BCUT2D eigenvalue weighted by Gasteiger charge is -2.28. The van der Waals surface area contributed by atoms with Crippen molar-refractivity contribution in [1.29, 1.82) is 0 Å². The fraction of sp³-hybridized carbons (Fsp3) is 0.542. The number of hydrogen-bond acceptors (Lipinski definition) is 7. The van der Waals surface area contributed by atoms with Gasteiger partial charge in [-0.15, -0.1) is 0 Å². The Hall–Kier alpha value is -2.87. The van der Waals surface area contributed by atoms with Crippen LogP contribution < -0.4 is 15.0 Å². The van der Waals surface area contributed by atoms with Crippen molar-refractivity contribution in [3.05, 3.63) is 41.7 Å². The lowest BCUT2D eigenvalue weighted by atomic mass is 10.1. The van der Waals surface area contributed by atoms with Crippen molar-refractivity contribution in [3.8, 4) is 5.88 Å². The number of nitrogens with one attached hydrogen (secondary N) is 1. The van der Waals surface area contributed by atoms with Gasteiger partial charge in [0.15, 0.2) is 5.65 Å². The largest absolute Gasteiger partial charge is 0.475 e. The molecule has 0 aromatic carbocycles. The third-order valence-electron chi connectivity index (χ3n) is 5.22. The van der Waals surface area contributed by atoms with E-state index in [0.717, 1.165) is 42.4 Å². The zero-order valence-corrected chi connectivity index (χ0v) is 19.7. The molecule has 8 nitrogen and oxygen atoms in total. The number of aromatic nitrogens is 4. The molecule has 0 spiro atoms. The molecule has 3 aromatic rings. The fourth-order valence-corrected chi connectivity index (χ4v) is 3.68. The van der Waals surface area contributed by atoms with E-state index in [2.05, 4.69) is 33.3 Å². The van der Waals surface area contributed by atoms with Crippen LogP contribution in [-0.4, -0.2) is 50.5 Å². The predicted molar refractivity (Wildman–Crippen MR) is 129 cm³/mol. The average molecular weight is 441 g/mol. The zero-order valence-electron chi connectivity index (χ0n) is 19.7. The Balaban J connectivity index is 0.000000913. The first-order chi connectivity index (χ1) is 15.5. The van der Waals surface area contributed by atoms with Gasteiger partial charge in [-0.05, 0) is 52.0 Å². The van der Waals surface area contributed by atoms with Crippen molar-refractivity contribution in [2.24, 2.45) is 0 Å². The highest BCUT2D eigenvalue weighted by Crippen LogP contribution is 2.25. The molecule has 1 saturated heterocycles. The van der Waals surface area contributed by atoms with Crippen molar-refractivity contribution in [1.82, 2.24) is 19.6 Å². The van der Waals surface area contributed by atoms with E-state index in [-0.39, 0.29) is 12.7 Å². The van der Waals surface area contributed by atoms with Gasteiger partial charge in [0.1, 0.15) is 11.6 Å². The lowest BCUT2D eigenvalue weighted by Crippen LogP contribution is -2.30. The number of anilines is 2. The molecule has 1 fully saturated rings. The maximum atomic E-state index is 7.57. The molecule has 4 rings (SSSR count). The number of pyridine rings is 1. The number of rotatable bonds is 7. The van der Waals surface area contributed by atoms with Crippen LogP contribution in [0.2, 0.25) is 0 Å². The highest BCUT2D eigenvalue weighted by molar-refractivity contribution is 5.61. The normalized spacial score (nSPS) is 13.8. The molecule has 1 aliphatic rings. The summed E-state index contributed by atoms with van der Waals surface area (Å²) in [6.45, 7) is 10.9. The first-order valence-electron chi connectivity index (χ1n) is 11.6. The Morgan fingerprint density at radius 1 is 1.12 bits per heavy atom. The molecular formula is C24H36N6O2. The van der Waals surface area contributed by atoms with Crippen LogP contribution in [0.4, 0.5) is 11.6 Å². The summed E-state index contributed by atoms with van der Waals surface area (Å²) in [5.74, 6) is 2.65. The van der Waals surface area contributed by atoms with Crippen molar-refractivity contribution in [3.63, 3.8) is 0 Å². The molecule has 2 N–H and O–H groups in total. The Morgan fingerprint density at radius 2 is 1.88 bits per heavy atom. The zero-order chi connectivity index (χ0) is 22.9. The highest BCUT2D eigenvalue weighted by atomic mass is 16.5. The monoisotopic (exact) mass is 440 g/mol. The molecule has 4 heterocycles. The molecule has 0 unspecified atom stereocenters. The van der Waals surface area contributed by atoms with Gasteiger partial charge in [0, 0.05) is 50.1 Å². The molecule has 3 aromatic heterocycles. The highest BCUT2D eigenvalue weighted by Gasteiger charge is 2.17. The van der Waals surface area contributed by atoms with Crippen molar-refractivity contribution >= 4 is 17.3 Å². The molecule has 0 bridgehead atoms. The van der Waals surface area contributed by atoms with Crippen LogP contribution in [-0.2, 0) is 13.0 Å². The Bertz CT molecular complexity index is 965. The number of aliphatic hydroxyl groups excluding tert-OH is 1. The number of aliphatic hydroxyl groups is 1. The van der Waals surface area contributed by atoms with E-state index in [4.69, 9.17) is 14.8 Å². The quantitative estimate of drug-likeness (QED) is 0.572. The number of hydrogen-bond donors (Lipinski definition) is 2. The molecule has 8 heteroatoms. The maximum Gasteiger partial charge on any atom is 0.213 e. The number of ether oxygens (including phenoxy) is 1. The third kappa shape index (κ3) is 6.09. The van der Waals surface area contributed by atoms with Crippen LogP contribution in [0.5, 0.6) is 5.88 Å². The summed E-state index contributed by atoms with van der Waals surface area (Å²) in [5, 5.41) is 15.7. The second-order valence-electron chi connectivity index (χ2n) is 8.15. The molecule has 0 radical (unpaired) electrons. The van der Waals surface area contributed by atoms with Gasteiger partial charge in [0.25, 0.3) is 0 Å². The van der Waals surface area contributed by atoms with Crippen molar-refractivity contribution in [2.45, 2.75) is 66.0 Å². The second-order valence-corrected chi connectivity index (χ2v) is 8.15. The summed E-state index contributed by atoms with van der Waals surface area (Å²) in [5.41, 5.74) is 3.20. The van der Waals surface area contributed by atoms with Crippen LogP contribution in [0.15, 0.2) is 30.6 Å². The van der Waals surface area contributed by atoms with Gasteiger partial charge >= 0.3 is 0 Å². The van der Waals surface area contributed by atoms with E-state index < -0.39 is 0 Å². The van der Waals surface area contributed by atoms with Gasteiger partial charge in [-0.25, -0.2) is 9.97 Å². The SMILES string of the molecule is CCO.CCc1cnn2c(NCc3ccc(OC(C)C)nc3)cc(N3CCCCC3)nc12. The van der Waals surface area contributed by atoms with Gasteiger partial charge in [0.2, 0.25) is 5.88 Å². The van der Waals surface area contributed by atoms with Gasteiger partial charge in [-0.1, -0.05) is 13.0 Å². The molecule has 32 heavy (non-hydrogen) atoms. The first-order valence-corrected chi connectivity index (χ1v) is 11.6. The smallest absolute Gasteiger partial charge is 0.213 e. The number of aryl methyl sites for hydroxylation is 1. The minimum absolute atomic E-state index is 0.123. The molecule has 174 valence electrons. The lowest BCUT2D eigenvalue weighted by molar-refractivity contribution is 0.232.